The summed E-state index contributed by atoms with van der Waals surface area (Å²) in [6.45, 7) is 8.82. The Morgan fingerprint density at radius 1 is 1.35 bits per heavy atom. The zero-order valence-corrected chi connectivity index (χ0v) is 11.0. The molecule has 0 radical (unpaired) electrons. The van der Waals surface area contributed by atoms with Crippen molar-refractivity contribution in [1.29, 1.82) is 0 Å². The van der Waals surface area contributed by atoms with Crippen LogP contribution in [0.3, 0.4) is 0 Å². The Balaban J connectivity index is 1.98. The summed E-state index contributed by atoms with van der Waals surface area (Å²) in [6, 6.07) is 0.456. The summed E-state index contributed by atoms with van der Waals surface area (Å²) in [5.74, 6) is 3.15. The van der Waals surface area contributed by atoms with Crippen LogP contribution in [0.2, 0.25) is 0 Å². The van der Waals surface area contributed by atoms with Gasteiger partial charge in [-0.2, -0.15) is 0 Å². The van der Waals surface area contributed by atoms with Gasteiger partial charge in [0.25, 0.3) is 0 Å². The van der Waals surface area contributed by atoms with Crippen molar-refractivity contribution in [1.82, 2.24) is 20.1 Å². The van der Waals surface area contributed by atoms with Gasteiger partial charge in [-0.15, -0.1) is 10.2 Å². The molecule has 0 saturated heterocycles. The second-order valence-corrected chi connectivity index (χ2v) is 6.04. The van der Waals surface area contributed by atoms with Crippen LogP contribution in [-0.4, -0.2) is 21.3 Å². The lowest BCUT2D eigenvalue weighted by Crippen LogP contribution is -2.37. The van der Waals surface area contributed by atoms with E-state index in [1.807, 2.05) is 0 Å². The maximum atomic E-state index is 4.47. The molecule has 4 heteroatoms. The van der Waals surface area contributed by atoms with Crippen molar-refractivity contribution >= 4 is 0 Å². The van der Waals surface area contributed by atoms with E-state index < -0.39 is 0 Å². The van der Waals surface area contributed by atoms with Crippen molar-refractivity contribution in [3.63, 3.8) is 0 Å². The van der Waals surface area contributed by atoms with E-state index in [4.69, 9.17) is 0 Å². The zero-order valence-electron chi connectivity index (χ0n) is 11.0. The molecular weight excluding hydrogens is 212 g/mol. The van der Waals surface area contributed by atoms with Crippen LogP contribution >= 0.6 is 0 Å². The molecule has 1 aromatic rings. The fourth-order valence-corrected chi connectivity index (χ4v) is 2.65. The minimum Gasteiger partial charge on any atom is -0.312 e. The van der Waals surface area contributed by atoms with Crippen molar-refractivity contribution in [3.05, 3.63) is 11.6 Å². The van der Waals surface area contributed by atoms with Crippen LogP contribution in [0.4, 0.5) is 0 Å². The van der Waals surface area contributed by atoms with Crippen LogP contribution in [0.1, 0.15) is 57.7 Å². The Bertz CT molecular complexity index is 417. The van der Waals surface area contributed by atoms with Gasteiger partial charge in [-0.05, 0) is 25.2 Å². The zero-order chi connectivity index (χ0) is 12.0. The molecule has 1 saturated carbocycles. The van der Waals surface area contributed by atoms with Gasteiger partial charge in [-0.3, -0.25) is 0 Å². The molecule has 1 atom stereocenters. The molecule has 1 N–H and O–H groups in total. The molecule has 1 fully saturated rings. The summed E-state index contributed by atoms with van der Waals surface area (Å²) < 4.78 is 2.36. The van der Waals surface area contributed by atoms with Gasteiger partial charge in [0.05, 0.1) is 6.04 Å². The second kappa shape index (κ2) is 3.80. The first kappa shape index (κ1) is 11.2. The molecule has 2 heterocycles. The Morgan fingerprint density at radius 2 is 2.12 bits per heavy atom. The highest BCUT2D eigenvalue weighted by Gasteiger charge is 2.39. The predicted molar refractivity (Wildman–Crippen MR) is 66.8 cm³/mol. The Morgan fingerprint density at radius 3 is 2.76 bits per heavy atom. The number of nitrogens with zero attached hydrogens (tertiary/aromatic N) is 3. The smallest absolute Gasteiger partial charge is 0.150 e. The standard InChI is InChI=1S/C13H22N4/c1-4-13(2,3)12-16-15-11-10(9-5-6-9)14-7-8-17(11)12/h9-10,14H,4-8H2,1-3H3. The predicted octanol–water partition coefficient (Wildman–Crippen LogP) is 2.02. The number of fused-ring (bicyclic) bond motifs is 1. The fourth-order valence-electron chi connectivity index (χ4n) is 2.65. The number of hydrogen-bond donors (Lipinski definition) is 1. The lowest BCUT2D eigenvalue weighted by Gasteiger charge is -2.28. The van der Waals surface area contributed by atoms with E-state index in [0.29, 0.717) is 6.04 Å². The first-order valence-corrected chi connectivity index (χ1v) is 6.80. The Labute approximate surface area is 103 Å². The van der Waals surface area contributed by atoms with Crippen molar-refractivity contribution in [2.45, 2.75) is 58.0 Å². The van der Waals surface area contributed by atoms with Gasteiger partial charge < -0.3 is 9.88 Å². The molecule has 0 bridgehead atoms. The van der Waals surface area contributed by atoms with Gasteiger partial charge in [0, 0.05) is 18.5 Å². The van der Waals surface area contributed by atoms with Crippen LogP contribution in [0.5, 0.6) is 0 Å². The van der Waals surface area contributed by atoms with E-state index in [0.717, 1.165) is 25.4 Å². The van der Waals surface area contributed by atoms with E-state index in [-0.39, 0.29) is 5.41 Å². The molecule has 4 nitrogen and oxygen atoms in total. The maximum Gasteiger partial charge on any atom is 0.150 e. The van der Waals surface area contributed by atoms with Gasteiger partial charge >= 0.3 is 0 Å². The van der Waals surface area contributed by atoms with Crippen LogP contribution in [0, 0.1) is 5.92 Å². The molecule has 1 unspecified atom stereocenters. The fraction of sp³-hybridized carbons (Fsp3) is 0.846. The number of hydrogen-bond acceptors (Lipinski definition) is 3. The largest absolute Gasteiger partial charge is 0.312 e. The molecular formula is C13H22N4. The summed E-state index contributed by atoms with van der Waals surface area (Å²) in [7, 11) is 0. The third-order valence-corrected chi connectivity index (χ3v) is 4.34. The SMILES string of the molecule is CCC(C)(C)c1nnc2n1CCNC2C1CC1. The molecule has 1 aromatic heterocycles. The van der Waals surface area contributed by atoms with Gasteiger partial charge in [0.15, 0.2) is 5.82 Å². The summed E-state index contributed by atoms with van der Waals surface area (Å²) in [5.41, 5.74) is 0.136. The first-order chi connectivity index (χ1) is 8.13. The third-order valence-electron chi connectivity index (χ3n) is 4.34. The highest BCUT2D eigenvalue weighted by Crippen LogP contribution is 2.42. The summed E-state index contributed by atoms with van der Waals surface area (Å²) in [4.78, 5) is 0. The van der Waals surface area contributed by atoms with Crippen molar-refractivity contribution in [3.8, 4) is 0 Å². The van der Waals surface area contributed by atoms with Gasteiger partial charge in [-0.25, -0.2) is 0 Å². The molecule has 0 amide bonds. The lowest BCUT2D eigenvalue weighted by atomic mass is 9.89. The second-order valence-electron chi connectivity index (χ2n) is 6.04. The molecule has 17 heavy (non-hydrogen) atoms. The Hall–Kier alpha value is -0.900. The molecule has 3 rings (SSSR count). The summed E-state index contributed by atoms with van der Waals surface area (Å²) >= 11 is 0. The average Bonchev–Trinajstić information content (AvgIpc) is 3.07. The molecule has 94 valence electrons. The van der Waals surface area contributed by atoms with E-state index in [1.165, 1.54) is 24.5 Å². The van der Waals surface area contributed by atoms with Crippen molar-refractivity contribution in [2.75, 3.05) is 6.54 Å². The van der Waals surface area contributed by atoms with E-state index in [9.17, 15) is 0 Å². The molecule has 0 aromatic carbocycles. The van der Waals surface area contributed by atoms with E-state index >= 15 is 0 Å². The molecule has 1 aliphatic heterocycles. The minimum absolute atomic E-state index is 0.136. The quantitative estimate of drug-likeness (QED) is 0.870. The highest BCUT2D eigenvalue weighted by molar-refractivity contribution is 5.13. The third kappa shape index (κ3) is 1.79. The van der Waals surface area contributed by atoms with E-state index in [1.54, 1.807) is 0 Å². The van der Waals surface area contributed by atoms with Crippen LogP contribution in [0.25, 0.3) is 0 Å². The molecule has 0 spiro atoms. The number of nitrogens with one attached hydrogen (secondary N) is 1. The van der Waals surface area contributed by atoms with Crippen LogP contribution in [-0.2, 0) is 12.0 Å². The highest BCUT2D eigenvalue weighted by atomic mass is 15.3. The van der Waals surface area contributed by atoms with Crippen molar-refractivity contribution in [2.24, 2.45) is 5.92 Å². The average molecular weight is 234 g/mol. The summed E-state index contributed by atoms with van der Waals surface area (Å²) in [5, 5.41) is 12.5. The Kier molecular flexibility index (Phi) is 2.51. The van der Waals surface area contributed by atoms with Crippen molar-refractivity contribution < 1.29 is 0 Å². The van der Waals surface area contributed by atoms with Gasteiger partial charge in [0.2, 0.25) is 0 Å². The molecule has 2 aliphatic rings. The van der Waals surface area contributed by atoms with Gasteiger partial charge in [-0.1, -0.05) is 20.8 Å². The minimum atomic E-state index is 0.136. The molecule has 1 aliphatic carbocycles. The lowest BCUT2D eigenvalue weighted by molar-refractivity contribution is 0.358. The van der Waals surface area contributed by atoms with Gasteiger partial charge in [0.1, 0.15) is 5.82 Å². The first-order valence-electron chi connectivity index (χ1n) is 6.80. The number of rotatable bonds is 3. The maximum absolute atomic E-state index is 4.47. The monoisotopic (exact) mass is 234 g/mol. The topological polar surface area (TPSA) is 42.7 Å². The summed E-state index contributed by atoms with van der Waals surface area (Å²) in [6.07, 6.45) is 3.79. The number of aromatic nitrogens is 3. The van der Waals surface area contributed by atoms with Crippen LogP contribution < -0.4 is 5.32 Å². The van der Waals surface area contributed by atoms with Crippen LogP contribution in [0.15, 0.2) is 0 Å². The normalized spacial score (nSPS) is 24.8. The van der Waals surface area contributed by atoms with E-state index in [2.05, 4.69) is 40.9 Å².